The third kappa shape index (κ3) is 6.76. The first kappa shape index (κ1) is 44.4. The minimum absolute atomic E-state index is 0.00144. The summed E-state index contributed by atoms with van der Waals surface area (Å²) >= 11 is 0. The molecule has 0 bridgehead atoms. The Labute approximate surface area is 417 Å². The minimum atomic E-state index is -0.154. The van der Waals surface area contributed by atoms with Crippen molar-refractivity contribution in [2.75, 3.05) is 14.7 Å². The summed E-state index contributed by atoms with van der Waals surface area (Å²) in [4.78, 5) is 8.09. The van der Waals surface area contributed by atoms with Gasteiger partial charge in [0.1, 0.15) is 0 Å². The molecular formula is C66H66BN3. The Morgan fingerprint density at radius 3 is 1.69 bits per heavy atom. The normalized spacial score (nSPS) is 18.8. The molecule has 1 fully saturated rings. The number of benzene rings is 8. The van der Waals surface area contributed by atoms with E-state index >= 15 is 0 Å². The summed E-state index contributed by atoms with van der Waals surface area (Å²) in [7, 11) is 0. The molecule has 4 heteroatoms. The molecule has 1 saturated carbocycles. The number of rotatable bonds is 6. The third-order valence-electron chi connectivity index (χ3n) is 17.0. The van der Waals surface area contributed by atoms with Crippen LogP contribution in [0.15, 0.2) is 170 Å². The van der Waals surface area contributed by atoms with E-state index in [2.05, 4.69) is 254 Å². The molecule has 3 aliphatic heterocycles. The van der Waals surface area contributed by atoms with Crippen LogP contribution in [0.1, 0.15) is 109 Å². The van der Waals surface area contributed by atoms with E-state index < -0.39 is 0 Å². The van der Waals surface area contributed by atoms with Crippen molar-refractivity contribution in [3.8, 4) is 22.3 Å². The molecule has 0 amide bonds. The fourth-order valence-corrected chi connectivity index (χ4v) is 12.9. The monoisotopic (exact) mass is 912 g/mol. The smallest absolute Gasteiger partial charge is 0.252 e. The van der Waals surface area contributed by atoms with Gasteiger partial charge in [-0.05, 0) is 155 Å². The average molecular weight is 912 g/mol. The number of nitrogens with zero attached hydrogens (tertiary/aromatic N) is 3. The van der Waals surface area contributed by atoms with Crippen LogP contribution in [-0.4, -0.2) is 12.3 Å². The lowest BCUT2D eigenvalue weighted by atomic mass is 9.33. The molecule has 0 radical (unpaired) electrons. The summed E-state index contributed by atoms with van der Waals surface area (Å²) in [6.07, 6.45) is 4.74. The first-order chi connectivity index (χ1) is 33.5. The SMILES string of the molecule is Cc1ccc(N(c2ccc(C)cc2)c2cc3c4c(c2)N2c5c(cc(-c6ccccc6)cc5C5(C)CCCCC25C)B4c2ccc(C(C)(C)C)cc2N3c2ccc(C(C)(C)C)cc2-c2ccccc2)cc1. The average Bonchev–Trinajstić information content (AvgIpc) is 3.56. The van der Waals surface area contributed by atoms with Gasteiger partial charge in [0.05, 0.1) is 16.9 Å². The Morgan fingerprint density at radius 1 is 0.486 bits per heavy atom. The van der Waals surface area contributed by atoms with Crippen LogP contribution in [0, 0.1) is 13.8 Å². The molecule has 1 aliphatic carbocycles. The number of hydrogen-bond donors (Lipinski definition) is 0. The summed E-state index contributed by atoms with van der Waals surface area (Å²) in [5.74, 6) is 0. The van der Waals surface area contributed by atoms with E-state index in [9.17, 15) is 0 Å². The van der Waals surface area contributed by atoms with Crippen LogP contribution >= 0.6 is 0 Å². The maximum Gasteiger partial charge on any atom is 0.252 e. The number of hydrogen-bond acceptors (Lipinski definition) is 3. The van der Waals surface area contributed by atoms with Crippen molar-refractivity contribution in [3.63, 3.8) is 0 Å². The van der Waals surface area contributed by atoms with Gasteiger partial charge in [-0.3, -0.25) is 0 Å². The summed E-state index contributed by atoms with van der Waals surface area (Å²) in [5, 5.41) is 0. The molecule has 0 spiro atoms. The van der Waals surface area contributed by atoms with Gasteiger partial charge in [-0.15, -0.1) is 0 Å². The highest BCUT2D eigenvalue weighted by molar-refractivity contribution is 7.00. The van der Waals surface area contributed by atoms with Crippen LogP contribution in [0.3, 0.4) is 0 Å². The molecule has 8 aromatic rings. The van der Waals surface area contributed by atoms with Gasteiger partial charge in [-0.2, -0.15) is 0 Å². The van der Waals surface area contributed by atoms with E-state index in [-0.39, 0.29) is 28.5 Å². The van der Waals surface area contributed by atoms with Crippen LogP contribution in [0.2, 0.25) is 0 Å². The maximum atomic E-state index is 2.89. The van der Waals surface area contributed by atoms with E-state index in [1.165, 1.54) is 108 Å². The van der Waals surface area contributed by atoms with E-state index in [0.717, 1.165) is 29.9 Å². The molecule has 70 heavy (non-hydrogen) atoms. The standard InChI is InChI=1S/C66H66BN3/c1-43-23-29-50(30-24-43)68(51-31-25-44(2)26-32-51)52-41-59-61-60(42-52)70-62-54(65(9)35-17-18-36-66(65,70)10)37-47(45-19-13-11-14-20-45)38-56(62)67(61)55-33-27-49(64(6,7)8)40-58(55)69(59)57-34-28-48(63(3,4)5)39-53(57)46-21-15-12-16-22-46/h11-16,19-34,37-42H,17-18,35-36H2,1-10H3. The van der Waals surface area contributed by atoms with Crippen molar-refractivity contribution >= 4 is 68.6 Å². The lowest BCUT2D eigenvalue weighted by Gasteiger charge is -2.53. The van der Waals surface area contributed by atoms with Crippen molar-refractivity contribution < 1.29 is 0 Å². The maximum absolute atomic E-state index is 2.89. The van der Waals surface area contributed by atoms with Gasteiger partial charge in [0.2, 0.25) is 0 Å². The highest BCUT2D eigenvalue weighted by Gasteiger charge is 2.61. The summed E-state index contributed by atoms with van der Waals surface area (Å²) in [6.45, 7) is 23.7. The molecule has 0 N–H and O–H groups in total. The Bertz CT molecular complexity index is 3300. The molecule has 348 valence electrons. The second kappa shape index (κ2) is 15.9. The summed E-state index contributed by atoms with van der Waals surface area (Å²) in [5.41, 5.74) is 25.5. The Kier molecular flexibility index (Phi) is 10.1. The Balaban J connectivity index is 1.25. The zero-order chi connectivity index (χ0) is 48.5. The van der Waals surface area contributed by atoms with Gasteiger partial charge in [0.15, 0.2) is 0 Å². The van der Waals surface area contributed by atoms with Crippen molar-refractivity contribution in [2.24, 2.45) is 0 Å². The first-order valence-electron chi connectivity index (χ1n) is 25.8. The molecule has 12 rings (SSSR count). The second-order valence-electron chi connectivity index (χ2n) is 23.5. The zero-order valence-electron chi connectivity index (χ0n) is 42.9. The Morgan fingerprint density at radius 2 is 1.06 bits per heavy atom. The van der Waals surface area contributed by atoms with E-state index in [4.69, 9.17) is 0 Å². The highest BCUT2D eigenvalue weighted by Crippen LogP contribution is 2.63. The second-order valence-corrected chi connectivity index (χ2v) is 23.5. The topological polar surface area (TPSA) is 9.72 Å². The molecule has 3 heterocycles. The van der Waals surface area contributed by atoms with Crippen molar-refractivity contribution in [1.82, 2.24) is 0 Å². The quantitative estimate of drug-likeness (QED) is 0.154. The predicted octanol–water partition coefficient (Wildman–Crippen LogP) is 16.1. The van der Waals surface area contributed by atoms with Crippen LogP contribution in [0.25, 0.3) is 22.3 Å². The van der Waals surface area contributed by atoms with E-state index in [1.54, 1.807) is 0 Å². The van der Waals surface area contributed by atoms with Gasteiger partial charge < -0.3 is 14.7 Å². The molecule has 3 nitrogen and oxygen atoms in total. The first-order valence-corrected chi connectivity index (χ1v) is 25.8. The summed E-state index contributed by atoms with van der Waals surface area (Å²) < 4.78 is 0. The number of aryl methyl sites for hydroxylation is 2. The molecule has 4 aliphatic rings. The predicted molar refractivity (Wildman–Crippen MR) is 301 cm³/mol. The molecule has 2 unspecified atom stereocenters. The van der Waals surface area contributed by atoms with Crippen LogP contribution < -0.4 is 31.1 Å². The van der Waals surface area contributed by atoms with Crippen LogP contribution in [-0.2, 0) is 16.2 Å². The number of anilines is 8. The van der Waals surface area contributed by atoms with E-state index in [0.29, 0.717) is 0 Å². The van der Waals surface area contributed by atoms with Gasteiger partial charge in [0, 0.05) is 45.1 Å². The fourth-order valence-electron chi connectivity index (χ4n) is 12.9. The van der Waals surface area contributed by atoms with Crippen molar-refractivity contribution in [2.45, 2.75) is 117 Å². The third-order valence-corrected chi connectivity index (χ3v) is 17.0. The lowest BCUT2D eigenvalue weighted by molar-refractivity contribution is 0.195. The Hall–Kier alpha value is -6.78. The van der Waals surface area contributed by atoms with Crippen LogP contribution in [0.4, 0.5) is 45.5 Å². The van der Waals surface area contributed by atoms with Crippen molar-refractivity contribution in [1.29, 1.82) is 0 Å². The largest absolute Gasteiger partial charge is 0.335 e. The highest BCUT2D eigenvalue weighted by atomic mass is 15.3. The molecular weight excluding hydrogens is 846 g/mol. The van der Waals surface area contributed by atoms with Gasteiger partial charge in [-0.25, -0.2) is 0 Å². The zero-order valence-corrected chi connectivity index (χ0v) is 42.9. The van der Waals surface area contributed by atoms with E-state index in [1.807, 2.05) is 0 Å². The molecule has 0 aromatic heterocycles. The fraction of sp³-hybridized carbons (Fsp3) is 0.273. The number of fused-ring (bicyclic) bond motifs is 7. The molecule has 2 atom stereocenters. The molecule has 8 aromatic carbocycles. The molecule has 0 saturated heterocycles. The van der Waals surface area contributed by atoms with Crippen molar-refractivity contribution in [3.05, 3.63) is 198 Å². The minimum Gasteiger partial charge on any atom is -0.335 e. The lowest BCUT2D eigenvalue weighted by Crippen LogP contribution is -2.64. The summed E-state index contributed by atoms with van der Waals surface area (Å²) in [6, 6.07) is 65.7. The van der Waals surface area contributed by atoms with Gasteiger partial charge in [0.25, 0.3) is 6.71 Å². The van der Waals surface area contributed by atoms with Crippen LogP contribution in [0.5, 0.6) is 0 Å². The van der Waals surface area contributed by atoms with Gasteiger partial charge >= 0.3 is 0 Å². The van der Waals surface area contributed by atoms with Gasteiger partial charge in [-0.1, -0.05) is 182 Å².